The third-order valence-corrected chi connectivity index (χ3v) is 12.0. The summed E-state index contributed by atoms with van der Waals surface area (Å²) in [5, 5.41) is 8.90. The number of hydrogen-bond donors (Lipinski definition) is 0. The van der Waals surface area contributed by atoms with Crippen molar-refractivity contribution in [2.45, 2.75) is 87.5 Å². The molecule has 264 valence electrons. The maximum absolute atomic E-state index is 14.4. The van der Waals surface area contributed by atoms with Crippen LogP contribution >= 0.6 is 0 Å². The van der Waals surface area contributed by atoms with Crippen molar-refractivity contribution in [3.8, 4) is 23.3 Å². The number of carbonyl (C=O) groups is 1. The van der Waals surface area contributed by atoms with Crippen molar-refractivity contribution in [3.63, 3.8) is 0 Å². The van der Waals surface area contributed by atoms with Crippen molar-refractivity contribution in [2.24, 2.45) is 11.8 Å². The summed E-state index contributed by atoms with van der Waals surface area (Å²) in [5.41, 5.74) is -0.234. The summed E-state index contributed by atoms with van der Waals surface area (Å²) in [4.78, 5) is 15.9. The normalized spacial score (nSPS) is 27.4. The Morgan fingerprint density at radius 3 is 2.59 bits per heavy atom. The molecule has 4 heterocycles. The van der Waals surface area contributed by atoms with Gasteiger partial charge in [-0.2, -0.15) is 9.57 Å². The summed E-state index contributed by atoms with van der Waals surface area (Å²) in [5.74, 6) is 1.61. The lowest BCUT2D eigenvalue weighted by Crippen LogP contribution is -2.51. The lowest BCUT2D eigenvalue weighted by Gasteiger charge is -2.34. The van der Waals surface area contributed by atoms with Crippen LogP contribution in [0.3, 0.4) is 0 Å². The second kappa shape index (κ2) is 14.0. The van der Waals surface area contributed by atoms with Gasteiger partial charge >= 0.3 is 6.09 Å². The van der Waals surface area contributed by atoms with Crippen LogP contribution in [0.15, 0.2) is 47.4 Å². The van der Waals surface area contributed by atoms with E-state index in [0.717, 1.165) is 37.7 Å². The van der Waals surface area contributed by atoms with E-state index in [1.54, 1.807) is 43.0 Å². The molecule has 1 aliphatic carbocycles. The maximum atomic E-state index is 14.4. The standard InChI is InChI=1S/C35H43N3O10S/c1-35(2)38(34(39)47-32-21-44-33-27(32)13-15-43-33)28(17-23-7-9-25(10-8-23)42-16-14-36)31(48-35)20-37(19-24-5-3-4-6-24)49(40,41)26-11-12-29-30(18-26)46-22-45-29/h7-12,18,24,27-28,31-33H,3-6,13,15-17,19-22H2,1-2H3/t27?,28-,31+,32?,33?/m0/s1. The molecule has 2 aromatic rings. The first-order valence-electron chi connectivity index (χ1n) is 17.0. The molecule has 0 radical (unpaired) electrons. The molecule has 1 saturated carbocycles. The predicted octanol–water partition coefficient (Wildman–Crippen LogP) is 4.44. The molecule has 4 fully saturated rings. The summed E-state index contributed by atoms with van der Waals surface area (Å²) in [6.45, 7) is 4.74. The largest absolute Gasteiger partial charge is 0.479 e. The van der Waals surface area contributed by atoms with E-state index in [9.17, 15) is 13.2 Å². The van der Waals surface area contributed by atoms with Crippen LogP contribution < -0.4 is 14.2 Å². The van der Waals surface area contributed by atoms with E-state index in [-0.39, 0.29) is 49.6 Å². The Balaban J connectivity index is 1.19. The molecule has 4 aliphatic heterocycles. The molecule has 2 aromatic carbocycles. The zero-order valence-electron chi connectivity index (χ0n) is 27.8. The van der Waals surface area contributed by atoms with Crippen molar-refractivity contribution < 1.29 is 46.4 Å². The number of fused-ring (bicyclic) bond motifs is 2. The van der Waals surface area contributed by atoms with Gasteiger partial charge in [0.05, 0.1) is 36.2 Å². The summed E-state index contributed by atoms with van der Waals surface area (Å²) < 4.78 is 70.9. The molecule has 0 aromatic heterocycles. The Morgan fingerprint density at radius 1 is 1.04 bits per heavy atom. The SMILES string of the molecule is CC1(C)O[C@H](CN(CC2CCCC2)S(=O)(=O)c2ccc3c(c2)OCO3)[C@H](Cc2ccc(OCC#N)cc2)N1C(=O)OC1COC2OCCC12. The Kier molecular flexibility index (Phi) is 9.64. The molecule has 1 amide bonds. The van der Waals surface area contributed by atoms with E-state index in [1.807, 2.05) is 18.2 Å². The summed E-state index contributed by atoms with van der Waals surface area (Å²) in [6.07, 6.45) is 3.03. The van der Waals surface area contributed by atoms with Crippen LogP contribution in [0, 0.1) is 23.2 Å². The molecule has 0 N–H and O–H groups in total. The smallest absolute Gasteiger partial charge is 0.412 e. The molecular weight excluding hydrogens is 654 g/mol. The molecule has 3 saturated heterocycles. The van der Waals surface area contributed by atoms with Crippen LogP contribution in [0.4, 0.5) is 4.79 Å². The average Bonchev–Trinajstić information content (AvgIpc) is 3.91. The number of nitriles is 1. The molecule has 0 bridgehead atoms. The Bertz CT molecular complexity index is 1660. The molecule has 14 heteroatoms. The number of benzene rings is 2. The van der Waals surface area contributed by atoms with Gasteiger partial charge in [0.1, 0.15) is 23.6 Å². The highest BCUT2D eigenvalue weighted by Gasteiger charge is 2.53. The third kappa shape index (κ3) is 7.05. The number of sulfonamides is 1. The second-order valence-corrected chi connectivity index (χ2v) is 15.7. The van der Waals surface area contributed by atoms with Crippen LogP contribution in [0.25, 0.3) is 0 Å². The van der Waals surface area contributed by atoms with Crippen LogP contribution in [0.1, 0.15) is 51.5 Å². The first-order valence-corrected chi connectivity index (χ1v) is 18.5. The molecular formula is C35H43N3O10S. The molecule has 5 aliphatic rings. The van der Waals surface area contributed by atoms with Crippen molar-refractivity contribution >= 4 is 16.1 Å². The number of rotatable bonds is 11. The van der Waals surface area contributed by atoms with Gasteiger partial charge in [-0.15, -0.1) is 0 Å². The molecule has 0 spiro atoms. The van der Waals surface area contributed by atoms with Gasteiger partial charge in [0.15, 0.2) is 24.4 Å². The molecule has 3 unspecified atom stereocenters. The van der Waals surface area contributed by atoms with E-state index in [2.05, 4.69) is 0 Å². The Labute approximate surface area is 286 Å². The van der Waals surface area contributed by atoms with Crippen LogP contribution in [0.5, 0.6) is 17.2 Å². The van der Waals surface area contributed by atoms with Gasteiger partial charge in [-0.1, -0.05) is 25.0 Å². The number of nitrogens with zero attached hydrogens (tertiary/aromatic N) is 3. The topological polar surface area (TPSA) is 146 Å². The summed E-state index contributed by atoms with van der Waals surface area (Å²) >= 11 is 0. The van der Waals surface area contributed by atoms with Gasteiger partial charge < -0.3 is 33.2 Å². The molecule has 7 rings (SSSR count). The number of amides is 1. The van der Waals surface area contributed by atoms with E-state index in [0.29, 0.717) is 36.8 Å². The van der Waals surface area contributed by atoms with Crippen molar-refractivity contribution in [1.29, 1.82) is 5.26 Å². The Hall–Kier alpha value is -3.61. The van der Waals surface area contributed by atoms with Crippen molar-refractivity contribution in [3.05, 3.63) is 48.0 Å². The van der Waals surface area contributed by atoms with Gasteiger partial charge in [-0.3, -0.25) is 4.90 Å². The summed E-state index contributed by atoms with van der Waals surface area (Å²) in [6, 6.07) is 13.4. The maximum Gasteiger partial charge on any atom is 0.412 e. The van der Waals surface area contributed by atoms with Gasteiger partial charge in [-0.05, 0) is 75.3 Å². The average molecular weight is 698 g/mol. The predicted molar refractivity (Wildman–Crippen MR) is 173 cm³/mol. The van der Waals surface area contributed by atoms with Crippen molar-refractivity contribution in [1.82, 2.24) is 9.21 Å². The van der Waals surface area contributed by atoms with E-state index >= 15 is 0 Å². The molecule has 49 heavy (non-hydrogen) atoms. The fourth-order valence-corrected chi connectivity index (χ4v) is 9.30. The fourth-order valence-electron chi connectivity index (χ4n) is 7.76. The first kappa shape index (κ1) is 33.9. The highest BCUT2D eigenvalue weighted by Crippen LogP contribution is 2.40. The van der Waals surface area contributed by atoms with Gasteiger partial charge in [0, 0.05) is 19.2 Å². The number of hydrogen-bond acceptors (Lipinski definition) is 11. The quantitative estimate of drug-likeness (QED) is 0.328. The van der Waals surface area contributed by atoms with Gasteiger partial charge in [0.2, 0.25) is 16.8 Å². The lowest BCUT2D eigenvalue weighted by molar-refractivity contribution is -0.0911. The minimum absolute atomic E-state index is 0.0274. The zero-order chi connectivity index (χ0) is 34.2. The lowest BCUT2D eigenvalue weighted by atomic mass is 9.99. The second-order valence-electron chi connectivity index (χ2n) is 13.8. The molecule has 13 nitrogen and oxygen atoms in total. The highest BCUT2D eigenvalue weighted by molar-refractivity contribution is 7.89. The number of carbonyl (C=O) groups excluding carboxylic acids is 1. The van der Waals surface area contributed by atoms with Gasteiger partial charge in [-0.25, -0.2) is 13.2 Å². The number of ether oxygens (including phenoxy) is 7. The third-order valence-electron chi connectivity index (χ3n) is 10.2. The first-order chi connectivity index (χ1) is 23.6. The zero-order valence-corrected chi connectivity index (χ0v) is 28.6. The monoisotopic (exact) mass is 697 g/mol. The van der Waals surface area contributed by atoms with E-state index < -0.39 is 40.1 Å². The molecule has 5 atom stereocenters. The van der Waals surface area contributed by atoms with Crippen LogP contribution in [-0.4, -0.2) is 93.7 Å². The van der Waals surface area contributed by atoms with E-state index in [4.69, 9.17) is 38.4 Å². The van der Waals surface area contributed by atoms with Crippen molar-refractivity contribution in [2.75, 3.05) is 39.7 Å². The van der Waals surface area contributed by atoms with Gasteiger partial charge in [0.25, 0.3) is 0 Å². The van der Waals surface area contributed by atoms with E-state index in [1.165, 1.54) is 10.4 Å². The van der Waals surface area contributed by atoms with Crippen LogP contribution in [0.2, 0.25) is 0 Å². The fraction of sp³-hybridized carbons (Fsp3) is 0.600. The highest BCUT2D eigenvalue weighted by atomic mass is 32.2. The Morgan fingerprint density at radius 2 is 1.82 bits per heavy atom. The van der Waals surface area contributed by atoms with Crippen LogP contribution in [-0.2, 0) is 35.4 Å². The summed E-state index contributed by atoms with van der Waals surface area (Å²) in [7, 11) is -4.00. The minimum atomic E-state index is -4.00. The minimum Gasteiger partial charge on any atom is -0.479 e.